The van der Waals surface area contributed by atoms with Crippen LogP contribution in [0.25, 0.3) is 0 Å². The maximum atomic E-state index is 12.2. The Bertz CT molecular complexity index is 424. The number of carbonyl (C=O) groups excluding carboxylic acids is 2. The number of fused-ring (bicyclic) bond motifs is 2. The number of primary amides is 1. The normalized spacial score (nSPS) is 32.9. The van der Waals surface area contributed by atoms with E-state index >= 15 is 0 Å². The minimum absolute atomic E-state index is 0.00641. The highest BCUT2D eigenvalue weighted by atomic mass is 16.4. The van der Waals surface area contributed by atoms with Crippen LogP contribution in [0.1, 0.15) is 32.1 Å². The Kier molecular flexibility index (Phi) is 4.27. The van der Waals surface area contributed by atoms with E-state index in [1.165, 1.54) is 0 Å². The van der Waals surface area contributed by atoms with Gasteiger partial charge in [-0.25, -0.2) is 4.79 Å². The van der Waals surface area contributed by atoms with Gasteiger partial charge >= 0.3 is 5.97 Å². The number of aliphatic carboxylic acids is 1. The molecule has 2 rings (SSSR count). The van der Waals surface area contributed by atoms with Crippen molar-refractivity contribution in [2.45, 2.75) is 44.2 Å². The molecule has 4 unspecified atom stereocenters. The summed E-state index contributed by atoms with van der Waals surface area (Å²) >= 11 is 0. The van der Waals surface area contributed by atoms with Gasteiger partial charge < -0.3 is 21.9 Å². The number of amides is 2. The first kappa shape index (κ1) is 14.8. The van der Waals surface area contributed by atoms with Crippen LogP contribution in [0.2, 0.25) is 0 Å². The van der Waals surface area contributed by atoms with Gasteiger partial charge in [0.2, 0.25) is 11.8 Å². The Morgan fingerprint density at radius 2 is 1.90 bits per heavy atom. The molecular weight excluding hydrogens is 262 g/mol. The molecule has 2 saturated carbocycles. The molecule has 20 heavy (non-hydrogen) atoms. The lowest BCUT2D eigenvalue weighted by molar-refractivity contribution is -0.143. The Hall–Kier alpha value is -1.63. The van der Waals surface area contributed by atoms with E-state index in [0.29, 0.717) is 5.92 Å². The smallest absolute Gasteiger partial charge is 0.326 e. The molecule has 2 amide bonds. The van der Waals surface area contributed by atoms with E-state index in [-0.39, 0.29) is 36.6 Å². The van der Waals surface area contributed by atoms with Crippen LogP contribution < -0.4 is 16.8 Å². The van der Waals surface area contributed by atoms with E-state index in [0.717, 1.165) is 19.3 Å². The number of rotatable bonds is 6. The first-order valence-electron chi connectivity index (χ1n) is 6.97. The van der Waals surface area contributed by atoms with E-state index in [1.807, 2.05) is 0 Å². The summed E-state index contributed by atoms with van der Waals surface area (Å²) in [4.78, 5) is 34.1. The summed E-state index contributed by atoms with van der Waals surface area (Å²) in [6.45, 7) is 0. The summed E-state index contributed by atoms with van der Waals surface area (Å²) in [7, 11) is 0. The Labute approximate surface area is 117 Å². The van der Waals surface area contributed by atoms with Crippen LogP contribution in [0.3, 0.4) is 0 Å². The zero-order chi connectivity index (χ0) is 14.9. The van der Waals surface area contributed by atoms with Gasteiger partial charge in [0.05, 0.1) is 5.92 Å². The predicted octanol–water partition coefficient (Wildman–Crippen LogP) is -0.805. The highest BCUT2D eigenvalue weighted by molar-refractivity contribution is 5.86. The summed E-state index contributed by atoms with van der Waals surface area (Å²) in [6.07, 6.45) is 2.93. The summed E-state index contributed by atoms with van der Waals surface area (Å²) in [5.74, 6) is -1.70. The van der Waals surface area contributed by atoms with Gasteiger partial charge in [-0.1, -0.05) is 0 Å². The molecule has 0 aromatic rings. The van der Waals surface area contributed by atoms with Crippen molar-refractivity contribution in [1.82, 2.24) is 5.32 Å². The van der Waals surface area contributed by atoms with Crippen molar-refractivity contribution >= 4 is 17.8 Å². The summed E-state index contributed by atoms with van der Waals surface area (Å²) in [5, 5.41) is 11.6. The van der Waals surface area contributed by atoms with E-state index in [1.54, 1.807) is 0 Å². The first-order chi connectivity index (χ1) is 9.40. The Morgan fingerprint density at radius 1 is 1.25 bits per heavy atom. The molecule has 112 valence electrons. The number of carboxylic acids is 1. The number of nitrogens with two attached hydrogens (primary N) is 2. The molecule has 0 heterocycles. The number of carboxylic acid groups (broad SMARTS) is 1. The average molecular weight is 283 g/mol. The van der Waals surface area contributed by atoms with Gasteiger partial charge in [-0.05, 0) is 37.5 Å². The van der Waals surface area contributed by atoms with Crippen LogP contribution in [0.4, 0.5) is 0 Å². The van der Waals surface area contributed by atoms with Gasteiger partial charge in [-0.3, -0.25) is 9.59 Å². The van der Waals surface area contributed by atoms with Gasteiger partial charge in [0.25, 0.3) is 0 Å². The fourth-order valence-electron chi connectivity index (χ4n) is 3.54. The lowest BCUT2D eigenvalue weighted by atomic mass is 9.84. The van der Waals surface area contributed by atoms with Gasteiger partial charge in [0, 0.05) is 12.5 Å². The van der Waals surface area contributed by atoms with Crippen molar-refractivity contribution in [3.05, 3.63) is 0 Å². The molecule has 2 bridgehead atoms. The molecule has 0 radical (unpaired) electrons. The molecular formula is C13H21N3O4. The number of hydrogen-bond donors (Lipinski definition) is 4. The standard InChI is InChI=1S/C13H21N3O4/c14-9(17)4-3-8(13(19)20)16-12(18)10-6-1-2-7(5-6)11(10)15/h6-8,10-11H,1-5,15H2,(H2,14,17)(H,16,18)(H,19,20)/t6?,7?,8-,10?,11?/m0/s1. The summed E-state index contributed by atoms with van der Waals surface area (Å²) in [6, 6.07) is -1.26. The minimum atomic E-state index is -1.16. The SMILES string of the molecule is NC(=O)CC[C@H](NC(=O)C1C2CCC(C2)C1N)C(=O)O. The maximum Gasteiger partial charge on any atom is 0.326 e. The van der Waals surface area contributed by atoms with Gasteiger partial charge in [0.1, 0.15) is 6.04 Å². The summed E-state index contributed by atoms with van der Waals surface area (Å²) in [5.41, 5.74) is 11.1. The average Bonchev–Trinajstić information content (AvgIpc) is 2.93. The second-order valence-corrected chi connectivity index (χ2v) is 5.84. The largest absolute Gasteiger partial charge is 0.480 e. The van der Waals surface area contributed by atoms with Crippen LogP contribution in [0.15, 0.2) is 0 Å². The van der Waals surface area contributed by atoms with Crippen molar-refractivity contribution in [2.75, 3.05) is 0 Å². The van der Waals surface area contributed by atoms with Crippen molar-refractivity contribution < 1.29 is 19.5 Å². The molecule has 2 aliphatic carbocycles. The molecule has 0 saturated heterocycles. The lowest BCUT2D eigenvalue weighted by Gasteiger charge is -2.28. The molecule has 7 nitrogen and oxygen atoms in total. The molecule has 2 aliphatic rings. The number of hydrogen-bond acceptors (Lipinski definition) is 4. The second kappa shape index (κ2) is 5.78. The zero-order valence-corrected chi connectivity index (χ0v) is 11.2. The molecule has 0 aliphatic heterocycles. The molecule has 7 heteroatoms. The van der Waals surface area contributed by atoms with E-state index in [4.69, 9.17) is 16.6 Å². The molecule has 2 fully saturated rings. The molecule has 0 spiro atoms. The zero-order valence-electron chi connectivity index (χ0n) is 11.2. The molecule has 0 aromatic carbocycles. The van der Waals surface area contributed by atoms with Crippen LogP contribution in [-0.2, 0) is 14.4 Å². The third kappa shape index (κ3) is 2.92. The van der Waals surface area contributed by atoms with Crippen LogP contribution in [0, 0.1) is 17.8 Å². The predicted molar refractivity (Wildman–Crippen MR) is 70.3 cm³/mol. The van der Waals surface area contributed by atoms with Crippen LogP contribution in [0.5, 0.6) is 0 Å². The molecule has 6 N–H and O–H groups in total. The van der Waals surface area contributed by atoms with Gasteiger partial charge in [-0.15, -0.1) is 0 Å². The van der Waals surface area contributed by atoms with Crippen molar-refractivity contribution in [1.29, 1.82) is 0 Å². The molecule has 0 aromatic heterocycles. The maximum absolute atomic E-state index is 12.2. The second-order valence-electron chi connectivity index (χ2n) is 5.84. The quantitative estimate of drug-likeness (QED) is 0.505. The van der Waals surface area contributed by atoms with Crippen molar-refractivity contribution in [3.63, 3.8) is 0 Å². The third-order valence-electron chi connectivity index (χ3n) is 4.58. The van der Waals surface area contributed by atoms with Gasteiger partial charge in [0.15, 0.2) is 0 Å². The van der Waals surface area contributed by atoms with Crippen molar-refractivity contribution in [3.8, 4) is 0 Å². The van der Waals surface area contributed by atoms with Crippen LogP contribution >= 0.6 is 0 Å². The van der Waals surface area contributed by atoms with E-state index in [2.05, 4.69) is 5.32 Å². The fraction of sp³-hybridized carbons (Fsp3) is 0.769. The Morgan fingerprint density at radius 3 is 2.40 bits per heavy atom. The number of carbonyl (C=O) groups is 3. The lowest BCUT2D eigenvalue weighted by Crippen LogP contribution is -2.50. The van der Waals surface area contributed by atoms with Gasteiger partial charge in [-0.2, -0.15) is 0 Å². The van der Waals surface area contributed by atoms with E-state index in [9.17, 15) is 14.4 Å². The third-order valence-corrected chi connectivity index (χ3v) is 4.58. The topological polar surface area (TPSA) is 136 Å². The van der Waals surface area contributed by atoms with Crippen LogP contribution in [-0.4, -0.2) is 35.0 Å². The first-order valence-corrected chi connectivity index (χ1v) is 6.97. The molecule has 5 atom stereocenters. The Balaban J connectivity index is 1.94. The minimum Gasteiger partial charge on any atom is -0.480 e. The highest BCUT2D eigenvalue weighted by Crippen LogP contribution is 2.47. The monoisotopic (exact) mass is 283 g/mol. The number of nitrogens with one attached hydrogen (secondary N) is 1. The van der Waals surface area contributed by atoms with Crippen molar-refractivity contribution in [2.24, 2.45) is 29.2 Å². The highest BCUT2D eigenvalue weighted by Gasteiger charge is 2.49. The summed E-state index contributed by atoms with van der Waals surface area (Å²) < 4.78 is 0. The van der Waals surface area contributed by atoms with E-state index < -0.39 is 17.9 Å². The fourth-order valence-corrected chi connectivity index (χ4v) is 3.54.